The number of ketones is 1. The average Bonchev–Trinajstić information content (AvgIpc) is 2.75. The van der Waals surface area contributed by atoms with Gasteiger partial charge in [0.1, 0.15) is 0 Å². The fraction of sp³-hybridized carbons (Fsp3) is 0.0909. The van der Waals surface area contributed by atoms with E-state index in [-0.39, 0.29) is 22.8 Å². The Hall–Kier alpha value is -3.00. The third-order valence-electron chi connectivity index (χ3n) is 4.07. The zero-order valence-electron chi connectivity index (χ0n) is 15.6. The Morgan fingerprint density at radius 3 is 1.97 bits per heavy atom. The number of hydrogen-bond acceptors (Lipinski definition) is 3. The van der Waals surface area contributed by atoms with E-state index < -0.39 is 34.0 Å². The molecule has 0 aliphatic rings. The normalized spacial score (nSPS) is 11.6. The van der Waals surface area contributed by atoms with Crippen LogP contribution in [0.4, 0.5) is 27.6 Å². The van der Waals surface area contributed by atoms with Crippen molar-refractivity contribution in [3.8, 4) is 0 Å². The molecule has 0 aliphatic heterocycles. The number of hydrogen-bond donors (Lipinski definition) is 0. The molecular formula is C22H14F5NOS. The predicted molar refractivity (Wildman–Crippen MR) is 105 cm³/mol. The number of Topliss-reactive ketones (excluding diaryl/α,β-unsaturated/α-hetero) is 1. The van der Waals surface area contributed by atoms with E-state index in [1.165, 1.54) is 18.2 Å². The van der Waals surface area contributed by atoms with Crippen molar-refractivity contribution in [1.29, 1.82) is 0 Å². The fourth-order valence-corrected chi connectivity index (χ4v) is 3.57. The van der Waals surface area contributed by atoms with Crippen LogP contribution >= 0.6 is 11.8 Å². The minimum absolute atomic E-state index is 0.00550. The van der Waals surface area contributed by atoms with Gasteiger partial charge in [0.15, 0.2) is 29.1 Å². The Morgan fingerprint density at radius 1 is 0.800 bits per heavy atom. The SMILES string of the molecule is CC(CC(=O)c1ccccc1)=Nc1ccccc1Sc1c(F)c(F)c(F)c(F)c1F. The number of benzene rings is 3. The van der Waals surface area contributed by atoms with Gasteiger partial charge in [0.25, 0.3) is 0 Å². The Balaban J connectivity index is 1.91. The number of aliphatic imine (C=N–C) groups is 1. The molecule has 0 saturated carbocycles. The maximum atomic E-state index is 14.0. The van der Waals surface area contributed by atoms with Gasteiger partial charge in [-0.3, -0.25) is 9.79 Å². The summed E-state index contributed by atoms with van der Waals surface area (Å²) in [4.78, 5) is 15.8. The van der Waals surface area contributed by atoms with Gasteiger partial charge >= 0.3 is 0 Å². The van der Waals surface area contributed by atoms with Gasteiger partial charge in [-0.05, 0) is 19.1 Å². The van der Waals surface area contributed by atoms with E-state index in [0.717, 1.165) is 0 Å². The highest BCUT2D eigenvalue weighted by Gasteiger charge is 2.26. The van der Waals surface area contributed by atoms with Crippen molar-refractivity contribution >= 4 is 28.9 Å². The molecule has 0 bridgehead atoms. The summed E-state index contributed by atoms with van der Waals surface area (Å²) in [5.41, 5.74) is 1.18. The Labute approximate surface area is 173 Å². The first-order chi connectivity index (χ1) is 14.3. The zero-order valence-corrected chi connectivity index (χ0v) is 16.4. The Morgan fingerprint density at radius 2 is 1.33 bits per heavy atom. The van der Waals surface area contributed by atoms with Crippen LogP contribution in [0.5, 0.6) is 0 Å². The Kier molecular flexibility index (Phi) is 6.66. The van der Waals surface area contributed by atoms with Gasteiger partial charge in [-0.2, -0.15) is 0 Å². The maximum absolute atomic E-state index is 14.0. The second-order valence-corrected chi connectivity index (χ2v) is 7.33. The molecule has 0 aliphatic carbocycles. The van der Waals surface area contributed by atoms with Crippen molar-refractivity contribution in [1.82, 2.24) is 0 Å². The molecule has 0 amide bonds. The molecule has 0 saturated heterocycles. The maximum Gasteiger partial charge on any atom is 0.200 e. The molecule has 3 rings (SSSR count). The van der Waals surface area contributed by atoms with Crippen molar-refractivity contribution < 1.29 is 26.7 Å². The van der Waals surface area contributed by atoms with E-state index in [2.05, 4.69) is 4.99 Å². The smallest absolute Gasteiger partial charge is 0.200 e. The van der Waals surface area contributed by atoms with E-state index in [4.69, 9.17) is 0 Å². The fourth-order valence-electron chi connectivity index (χ4n) is 2.62. The average molecular weight is 435 g/mol. The molecule has 0 radical (unpaired) electrons. The first-order valence-corrected chi connectivity index (χ1v) is 9.52. The summed E-state index contributed by atoms with van der Waals surface area (Å²) in [5.74, 6) is -10.2. The second kappa shape index (κ2) is 9.21. The van der Waals surface area contributed by atoms with Crippen LogP contribution in [-0.2, 0) is 0 Å². The van der Waals surface area contributed by atoms with Crippen LogP contribution in [0.15, 0.2) is 69.4 Å². The van der Waals surface area contributed by atoms with Crippen LogP contribution < -0.4 is 0 Å². The third-order valence-corrected chi connectivity index (χ3v) is 5.20. The monoisotopic (exact) mass is 435 g/mol. The van der Waals surface area contributed by atoms with E-state index in [9.17, 15) is 26.7 Å². The second-order valence-electron chi connectivity index (χ2n) is 6.28. The molecule has 0 heterocycles. The first kappa shape index (κ1) is 21.7. The zero-order chi connectivity index (χ0) is 21.8. The largest absolute Gasteiger partial charge is 0.294 e. The number of rotatable bonds is 6. The van der Waals surface area contributed by atoms with Crippen molar-refractivity contribution in [3.05, 3.63) is 89.2 Å². The lowest BCUT2D eigenvalue weighted by Crippen LogP contribution is -2.05. The van der Waals surface area contributed by atoms with Gasteiger partial charge < -0.3 is 0 Å². The molecule has 0 fully saturated rings. The standard InChI is InChI=1S/C22H14F5NOS/c1-12(11-15(29)13-7-3-2-4-8-13)28-14-9-5-6-10-16(14)30-22-20(26)18(24)17(23)19(25)21(22)27/h2-10H,11H2,1H3. The van der Waals surface area contributed by atoms with E-state index in [1.807, 2.05) is 0 Å². The highest BCUT2D eigenvalue weighted by Crippen LogP contribution is 2.39. The van der Waals surface area contributed by atoms with Gasteiger partial charge in [0, 0.05) is 22.6 Å². The van der Waals surface area contributed by atoms with E-state index in [0.29, 0.717) is 23.0 Å². The number of para-hydroxylation sites is 1. The van der Waals surface area contributed by atoms with Crippen molar-refractivity contribution in [2.75, 3.05) is 0 Å². The summed E-state index contributed by atoms with van der Waals surface area (Å²) in [6.07, 6.45) is 0.00550. The highest BCUT2D eigenvalue weighted by molar-refractivity contribution is 7.99. The summed E-state index contributed by atoms with van der Waals surface area (Å²) < 4.78 is 68.3. The third kappa shape index (κ3) is 4.59. The highest BCUT2D eigenvalue weighted by atomic mass is 32.2. The summed E-state index contributed by atoms with van der Waals surface area (Å²) >= 11 is 0.373. The molecule has 30 heavy (non-hydrogen) atoms. The molecular weight excluding hydrogens is 421 g/mol. The van der Waals surface area contributed by atoms with Crippen molar-refractivity contribution in [2.45, 2.75) is 23.1 Å². The van der Waals surface area contributed by atoms with Crippen LogP contribution in [0.2, 0.25) is 0 Å². The summed E-state index contributed by atoms with van der Waals surface area (Å²) in [6, 6.07) is 14.7. The molecule has 0 N–H and O–H groups in total. The molecule has 0 spiro atoms. The van der Waals surface area contributed by atoms with Crippen LogP contribution in [0.1, 0.15) is 23.7 Å². The lowest BCUT2D eigenvalue weighted by Gasteiger charge is -2.10. The van der Waals surface area contributed by atoms with Gasteiger partial charge in [-0.1, -0.05) is 54.2 Å². The van der Waals surface area contributed by atoms with Crippen LogP contribution in [0, 0.1) is 29.1 Å². The molecule has 0 aromatic heterocycles. The molecule has 8 heteroatoms. The van der Waals surface area contributed by atoms with Crippen LogP contribution in [-0.4, -0.2) is 11.5 Å². The number of carbonyl (C=O) groups is 1. The first-order valence-electron chi connectivity index (χ1n) is 8.70. The van der Waals surface area contributed by atoms with E-state index >= 15 is 0 Å². The molecule has 0 atom stereocenters. The number of nitrogens with zero attached hydrogens (tertiary/aromatic N) is 1. The lowest BCUT2D eigenvalue weighted by atomic mass is 10.1. The van der Waals surface area contributed by atoms with Crippen molar-refractivity contribution in [2.24, 2.45) is 4.99 Å². The van der Waals surface area contributed by atoms with Gasteiger partial charge in [-0.15, -0.1) is 0 Å². The van der Waals surface area contributed by atoms with Crippen LogP contribution in [0.25, 0.3) is 0 Å². The Bertz CT molecular complexity index is 1100. The van der Waals surface area contributed by atoms with Gasteiger partial charge in [0.05, 0.1) is 10.6 Å². The lowest BCUT2D eigenvalue weighted by molar-refractivity contribution is 0.100. The predicted octanol–water partition coefficient (Wildman–Crippen LogP) is 6.90. The summed E-state index contributed by atoms with van der Waals surface area (Å²) in [5, 5.41) is 0. The van der Waals surface area contributed by atoms with E-state index in [1.54, 1.807) is 43.3 Å². The molecule has 154 valence electrons. The number of carbonyl (C=O) groups excluding carboxylic acids is 1. The molecule has 0 unspecified atom stereocenters. The summed E-state index contributed by atoms with van der Waals surface area (Å²) in [7, 11) is 0. The molecule has 2 nitrogen and oxygen atoms in total. The van der Waals surface area contributed by atoms with Crippen molar-refractivity contribution in [3.63, 3.8) is 0 Å². The number of halogens is 5. The minimum atomic E-state index is -2.21. The topological polar surface area (TPSA) is 29.4 Å². The quantitative estimate of drug-likeness (QED) is 0.139. The molecule has 3 aromatic rings. The summed E-state index contributed by atoms with van der Waals surface area (Å²) in [6.45, 7) is 1.61. The van der Waals surface area contributed by atoms with Gasteiger partial charge in [-0.25, -0.2) is 22.0 Å². The molecule has 3 aromatic carbocycles. The minimum Gasteiger partial charge on any atom is -0.294 e. The van der Waals surface area contributed by atoms with Crippen LogP contribution in [0.3, 0.4) is 0 Å². The van der Waals surface area contributed by atoms with Gasteiger partial charge in [0.2, 0.25) is 5.82 Å².